The van der Waals surface area contributed by atoms with Crippen LogP contribution in [0.25, 0.3) is 22.0 Å². The van der Waals surface area contributed by atoms with Crippen LogP contribution < -0.4 is 5.32 Å². The molecule has 5 N–H and O–H groups in total. The molecule has 10 heteroatoms. The van der Waals surface area contributed by atoms with E-state index in [9.17, 15) is 24.2 Å². The number of aliphatic hydroxyl groups excluding tert-OH is 2. The van der Waals surface area contributed by atoms with Crippen molar-refractivity contribution in [3.05, 3.63) is 66.1 Å². The van der Waals surface area contributed by atoms with E-state index in [1.807, 2.05) is 32.0 Å². The van der Waals surface area contributed by atoms with Gasteiger partial charge in [0.15, 0.2) is 0 Å². The smallest absolute Gasteiger partial charge is 0.328 e. The number of aliphatic carboxylic acids is 2. The topological polar surface area (TPSA) is 153 Å². The number of aliphatic hydroxyl groups is 2. The summed E-state index contributed by atoms with van der Waals surface area (Å²) >= 11 is 0. The Labute approximate surface area is 195 Å². The average Bonchev–Trinajstić information content (AvgIpc) is 2.81. The van der Waals surface area contributed by atoms with E-state index < -0.39 is 18.0 Å². The molecule has 3 rings (SSSR count). The molecule has 180 valence electrons. The molecule has 34 heavy (non-hydrogen) atoms. The Hall–Kier alpha value is -3.89. The molecule has 0 unspecified atom stereocenters. The standard InChI is InChI=1S/C20H22FN3O2.C4H4O4/c1-12(2)18-9-19(24-20(23-18)22-13(10-25)11-26)16-7-8-17(21)15-6-4-3-5-14(15)16;5-3(6)1-2-4(7)8/h3-9,12-13,25-26H,10-11H2,1-2H3,(H,22,23,24);1-2H,(H,5,6)(H,7,8). The summed E-state index contributed by atoms with van der Waals surface area (Å²) in [5.74, 6) is -2.31. The predicted molar refractivity (Wildman–Crippen MR) is 125 cm³/mol. The Morgan fingerprint density at radius 2 is 1.56 bits per heavy atom. The van der Waals surface area contributed by atoms with E-state index in [1.54, 1.807) is 18.2 Å². The summed E-state index contributed by atoms with van der Waals surface area (Å²) in [5.41, 5.74) is 2.29. The Morgan fingerprint density at radius 1 is 0.971 bits per heavy atom. The Morgan fingerprint density at radius 3 is 2.09 bits per heavy atom. The van der Waals surface area contributed by atoms with Gasteiger partial charge in [0.1, 0.15) is 5.82 Å². The molecule has 0 saturated carbocycles. The molecule has 3 aromatic rings. The van der Waals surface area contributed by atoms with Crippen molar-refractivity contribution in [3.8, 4) is 11.3 Å². The number of rotatable bonds is 8. The summed E-state index contributed by atoms with van der Waals surface area (Å²) in [6.45, 7) is 3.57. The van der Waals surface area contributed by atoms with Crippen LogP contribution in [-0.2, 0) is 9.59 Å². The highest BCUT2D eigenvalue weighted by molar-refractivity contribution is 5.96. The van der Waals surface area contributed by atoms with Gasteiger partial charge < -0.3 is 25.7 Å². The van der Waals surface area contributed by atoms with Crippen LogP contribution >= 0.6 is 0 Å². The monoisotopic (exact) mass is 471 g/mol. The lowest BCUT2D eigenvalue weighted by Gasteiger charge is -2.16. The van der Waals surface area contributed by atoms with E-state index in [0.29, 0.717) is 29.2 Å². The Balaban J connectivity index is 0.000000440. The van der Waals surface area contributed by atoms with E-state index in [4.69, 9.17) is 10.2 Å². The molecule has 0 aliphatic carbocycles. The van der Waals surface area contributed by atoms with E-state index in [0.717, 1.165) is 16.6 Å². The fourth-order valence-corrected chi connectivity index (χ4v) is 2.92. The van der Waals surface area contributed by atoms with Crippen LogP contribution in [0.4, 0.5) is 10.3 Å². The number of anilines is 1. The van der Waals surface area contributed by atoms with Gasteiger partial charge in [0.2, 0.25) is 5.95 Å². The zero-order valence-electron chi connectivity index (χ0n) is 18.6. The number of halogens is 1. The van der Waals surface area contributed by atoms with Crippen LogP contribution in [0.3, 0.4) is 0 Å². The Kier molecular flexibility index (Phi) is 9.60. The molecule has 0 aliphatic rings. The van der Waals surface area contributed by atoms with Crippen LogP contribution in [0.2, 0.25) is 0 Å². The van der Waals surface area contributed by atoms with Crippen LogP contribution in [0.1, 0.15) is 25.5 Å². The first kappa shape index (κ1) is 26.4. The molecule has 0 radical (unpaired) electrons. The largest absolute Gasteiger partial charge is 0.478 e. The molecule has 1 heterocycles. The lowest BCUT2D eigenvalue weighted by Crippen LogP contribution is -2.29. The normalized spacial score (nSPS) is 11.0. The minimum atomic E-state index is -1.26. The molecule has 0 saturated heterocycles. The number of aromatic nitrogens is 2. The molecule has 2 aromatic carbocycles. The van der Waals surface area contributed by atoms with Gasteiger partial charge in [0.05, 0.1) is 24.9 Å². The van der Waals surface area contributed by atoms with Gasteiger partial charge in [0, 0.05) is 28.8 Å². The minimum absolute atomic E-state index is 0.158. The minimum Gasteiger partial charge on any atom is -0.478 e. The van der Waals surface area contributed by atoms with Crippen molar-refractivity contribution in [1.82, 2.24) is 9.97 Å². The average molecular weight is 471 g/mol. The van der Waals surface area contributed by atoms with E-state index in [2.05, 4.69) is 15.3 Å². The molecule has 0 aliphatic heterocycles. The fourth-order valence-electron chi connectivity index (χ4n) is 2.92. The van der Waals surface area contributed by atoms with Gasteiger partial charge in [-0.2, -0.15) is 0 Å². The predicted octanol–water partition coefficient (Wildman–Crippen LogP) is 3.04. The molecule has 0 bridgehead atoms. The number of fused-ring (bicyclic) bond motifs is 1. The number of nitrogens with zero attached hydrogens (tertiary/aromatic N) is 2. The first-order valence-electron chi connectivity index (χ1n) is 10.3. The summed E-state index contributed by atoms with van der Waals surface area (Å²) in [6, 6.07) is 11.8. The molecule has 0 amide bonds. The fraction of sp³-hybridized carbons (Fsp3) is 0.250. The first-order chi connectivity index (χ1) is 16.2. The summed E-state index contributed by atoms with van der Waals surface area (Å²) in [6.07, 6.45) is 1.12. The van der Waals surface area contributed by atoms with Gasteiger partial charge in [-0.3, -0.25) is 0 Å². The van der Waals surface area contributed by atoms with Crippen LogP contribution in [0, 0.1) is 5.82 Å². The quantitative estimate of drug-likeness (QED) is 0.312. The highest BCUT2D eigenvalue weighted by Gasteiger charge is 2.15. The maximum Gasteiger partial charge on any atom is 0.328 e. The number of carbonyl (C=O) groups is 2. The second-order valence-electron chi connectivity index (χ2n) is 7.51. The van der Waals surface area contributed by atoms with Gasteiger partial charge in [-0.05, 0) is 29.5 Å². The molecule has 0 atom stereocenters. The van der Waals surface area contributed by atoms with E-state index >= 15 is 0 Å². The summed E-state index contributed by atoms with van der Waals surface area (Å²) in [4.78, 5) is 28.1. The second kappa shape index (κ2) is 12.4. The van der Waals surface area contributed by atoms with Gasteiger partial charge in [0.25, 0.3) is 0 Å². The second-order valence-corrected chi connectivity index (χ2v) is 7.51. The third-order valence-corrected chi connectivity index (χ3v) is 4.63. The third-order valence-electron chi connectivity index (χ3n) is 4.63. The molecule has 0 fully saturated rings. The molecular weight excluding hydrogens is 445 g/mol. The van der Waals surface area contributed by atoms with E-state index in [-0.39, 0.29) is 24.9 Å². The van der Waals surface area contributed by atoms with E-state index in [1.165, 1.54) is 6.07 Å². The van der Waals surface area contributed by atoms with Gasteiger partial charge in [-0.1, -0.05) is 38.1 Å². The van der Waals surface area contributed by atoms with Crippen LogP contribution in [-0.4, -0.2) is 61.6 Å². The van der Waals surface area contributed by atoms with Crippen molar-refractivity contribution in [2.24, 2.45) is 0 Å². The number of hydrogen-bond donors (Lipinski definition) is 5. The highest BCUT2D eigenvalue weighted by Crippen LogP contribution is 2.31. The van der Waals surface area contributed by atoms with Crippen LogP contribution in [0.15, 0.2) is 54.6 Å². The summed E-state index contributed by atoms with van der Waals surface area (Å²) in [5, 5.41) is 38.5. The van der Waals surface area contributed by atoms with Crippen LogP contribution in [0.5, 0.6) is 0 Å². The molecule has 0 spiro atoms. The first-order valence-corrected chi connectivity index (χ1v) is 10.3. The van der Waals surface area contributed by atoms with Gasteiger partial charge in [-0.25, -0.2) is 23.9 Å². The van der Waals surface area contributed by atoms with Gasteiger partial charge >= 0.3 is 11.9 Å². The summed E-state index contributed by atoms with van der Waals surface area (Å²) in [7, 11) is 0. The number of benzene rings is 2. The summed E-state index contributed by atoms with van der Waals surface area (Å²) < 4.78 is 14.1. The lowest BCUT2D eigenvalue weighted by molar-refractivity contribution is -0.134. The number of carboxylic acids is 2. The highest BCUT2D eigenvalue weighted by atomic mass is 19.1. The molecule has 1 aromatic heterocycles. The molecular formula is C24H26FN3O6. The van der Waals surface area contributed by atoms with Gasteiger partial charge in [-0.15, -0.1) is 0 Å². The third kappa shape index (κ3) is 7.32. The van der Waals surface area contributed by atoms with Crippen molar-refractivity contribution < 1.29 is 34.4 Å². The zero-order chi connectivity index (χ0) is 25.3. The molecule has 9 nitrogen and oxygen atoms in total. The number of hydrogen-bond acceptors (Lipinski definition) is 7. The number of carboxylic acid groups (broad SMARTS) is 2. The number of nitrogens with one attached hydrogen (secondary N) is 1. The Bertz CT molecular complexity index is 1160. The van der Waals surface area contributed by atoms with Crippen molar-refractivity contribution >= 4 is 28.7 Å². The van der Waals surface area contributed by atoms with Crippen molar-refractivity contribution in [2.45, 2.75) is 25.8 Å². The van der Waals surface area contributed by atoms with Crippen molar-refractivity contribution in [2.75, 3.05) is 18.5 Å². The van der Waals surface area contributed by atoms with Crippen molar-refractivity contribution in [3.63, 3.8) is 0 Å². The SMILES string of the molecule is CC(C)c1cc(-c2ccc(F)c3ccccc23)nc(NC(CO)CO)n1.O=C(O)C=CC(=O)O. The lowest BCUT2D eigenvalue weighted by atomic mass is 10.00. The zero-order valence-corrected chi connectivity index (χ0v) is 18.6. The van der Waals surface area contributed by atoms with Crippen molar-refractivity contribution in [1.29, 1.82) is 0 Å². The maximum atomic E-state index is 14.1. The maximum absolute atomic E-state index is 14.1.